The second kappa shape index (κ2) is 7.24. The first-order valence-corrected chi connectivity index (χ1v) is 7.66. The minimum absolute atomic E-state index is 0.0680. The molecule has 2 aromatic rings. The van der Waals surface area contributed by atoms with Crippen LogP contribution in [0.5, 0.6) is 5.75 Å². The number of benzene rings is 1. The van der Waals surface area contributed by atoms with Gasteiger partial charge in [0.1, 0.15) is 10.6 Å². The molecular weight excluding hydrogens is 286 g/mol. The molecule has 0 aliphatic carbocycles. The summed E-state index contributed by atoms with van der Waals surface area (Å²) in [5.74, 6) is 0.351. The van der Waals surface area contributed by atoms with Crippen LogP contribution in [0.3, 0.4) is 0 Å². The Morgan fingerprint density at radius 2 is 2.10 bits per heavy atom. The molecule has 1 amide bonds. The van der Waals surface area contributed by atoms with E-state index < -0.39 is 0 Å². The molecule has 0 saturated carbocycles. The number of rotatable bonds is 6. The third-order valence-corrected chi connectivity index (χ3v) is 4.40. The molecule has 2 N–H and O–H groups in total. The van der Waals surface area contributed by atoms with Crippen molar-refractivity contribution in [3.05, 3.63) is 41.3 Å². The normalized spacial score (nSPS) is 12.0. The van der Waals surface area contributed by atoms with E-state index in [4.69, 9.17) is 4.74 Å². The van der Waals surface area contributed by atoms with Gasteiger partial charge in [0.15, 0.2) is 0 Å². The molecule has 0 saturated heterocycles. The van der Waals surface area contributed by atoms with Crippen molar-refractivity contribution >= 4 is 17.2 Å². The third kappa shape index (κ3) is 3.62. The van der Waals surface area contributed by atoms with Crippen LogP contribution in [0.2, 0.25) is 0 Å². The van der Waals surface area contributed by atoms with Crippen LogP contribution in [-0.4, -0.2) is 30.8 Å². The molecule has 0 aliphatic heterocycles. The molecule has 0 fully saturated rings. The predicted molar refractivity (Wildman–Crippen MR) is 84.9 cm³/mol. The van der Waals surface area contributed by atoms with Gasteiger partial charge < -0.3 is 15.2 Å². The molecule has 2 rings (SSSR count). The van der Waals surface area contributed by atoms with Gasteiger partial charge in [-0.2, -0.15) is 0 Å². The Hall–Kier alpha value is -1.85. The molecule has 1 aromatic carbocycles. The summed E-state index contributed by atoms with van der Waals surface area (Å²) in [5, 5.41) is 12.0. The number of hydrogen-bond acceptors (Lipinski definition) is 4. The largest absolute Gasteiger partial charge is 0.495 e. The molecule has 1 aromatic heterocycles. The highest BCUT2D eigenvalue weighted by Crippen LogP contribution is 2.36. The Kier molecular flexibility index (Phi) is 5.36. The zero-order chi connectivity index (χ0) is 15.2. The number of aliphatic hydroxyl groups is 1. The van der Waals surface area contributed by atoms with Crippen molar-refractivity contribution < 1.29 is 14.6 Å². The minimum atomic E-state index is -0.232. The van der Waals surface area contributed by atoms with Gasteiger partial charge in [0.2, 0.25) is 0 Å². The highest BCUT2D eigenvalue weighted by molar-refractivity contribution is 7.17. The number of thiophene rings is 1. The van der Waals surface area contributed by atoms with Crippen LogP contribution in [0.15, 0.2) is 36.4 Å². The van der Waals surface area contributed by atoms with Crippen LogP contribution in [0.25, 0.3) is 10.4 Å². The van der Waals surface area contributed by atoms with Crippen LogP contribution in [0.4, 0.5) is 0 Å². The van der Waals surface area contributed by atoms with E-state index in [1.54, 1.807) is 7.11 Å². The zero-order valence-electron chi connectivity index (χ0n) is 12.1. The second-order valence-electron chi connectivity index (χ2n) is 4.64. The van der Waals surface area contributed by atoms with Gasteiger partial charge in [-0.1, -0.05) is 37.3 Å². The molecule has 5 heteroatoms. The summed E-state index contributed by atoms with van der Waals surface area (Å²) in [6.07, 6.45) is 0.682. The lowest BCUT2D eigenvalue weighted by atomic mass is 10.2. The van der Waals surface area contributed by atoms with Crippen molar-refractivity contribution in [1.29, 1.82) is 0 Å². The van der Waals surface area contributed by atoms with Crippen molar-refractivity contribution in [1.82, 2.24) is 5.32 Å². The fourth-order valence-electron chi connectivity index (χ4n) is 1.96. The fourth-order valence-corrected chi connectivity index (χ4v) is 2.99. The summed E-state index contributed by atoms with van der Waals surface area (Å²) in [5.41, 5.74) is 1.05. The Labute approximate surface area is 128 Å². The highest BCUT2D eigenvalue weighted by atomic mass is 32.1. The average molecular weight is 305 g/mol. The fraction of sp³-hybridized carbons (Fsp3) is 0.312. The summed E-state index contributed by atoms with van der Waals surface area (Å²) < 4.78 is 5.30. The molecule has 112 valence electrons. The zero-order valence-corrected chi connectivity index (χ0v) is 12.9. The second-order valence-corrected chi connectivity index (χ2v) is 5.69. The molecule has 1 unspecified atom stereocenters. The quantitative estimate of drug-likeness (QED) is 0.862. The van der Waals surface area contributed by atoms with Crippen molar-refractivity contribution in [2.45, 2.75) is 19.4 Å². The van der Waals surface area contributed by atoms with Crippen LogP contribution in [0.1, 0.15) is 23.0 Å². The smallest absolute Gasteiger partial charge is 0.265 e. The summed E-state index contributed by atoms with van der Waals surface area (Å²) >= 11 is 1.39. The van der Waals surface area contributed by atoms with Gasteiger partial charge in [0, 0.05) is 4.88 Å². The van der Waals surface area contributed by atoms with Gasteiger partial charge in [-0.05, 0) is 18.1 Å². The molecule has 0 bridgehead atoms. The molecule has 1 atom stereocenters. The molecule has 21 heavy (non-hydrogen) atoms. The van der Waals surface area contributed by atoms with Crippen LogP contribution in [0, 0.1) is 0 Å². The molecule has 0 spiro atoms. The van der Waals surface area contributed by atoms with E-state index in [1.165, 1.54) is 11.3 Å². The first kappa shape index (κ1) is 15.5. The van der Waals surface area contributed by atoms with Crippen molar-refractivity contribution in [3.63, 3.8) is 0 Å². The Morgan fingerprint density at radius 1 is 1.38 bits per heavy atom. The molecule has 4 nitrogen and oxygen atoms in total. The minimum Gasteiger partial charge on any atom is -0.495 e. The third-order valence-electron chi connectivity index (χ3n) is 3.23. The summed E-state index contributed by atoms with van der Waals surface area (Å²) in [4.78, 5) is 13.8. The van der Waals surface area contributed by atoms with Crippen LogP contribution in [-0.2, 0) is 0 Å². The lowest BCUT2D eigenvalue weighted by Gasteiger charge is -2.13. The number of ether oxygens (including phenoxy) is 1. The van der Waals surface area contributed by atoms with Gasteiger partial charge in [-0.25, -0.2) is 0 Å². The molecule has 0 aliphatic rings. The summed E-state index contributed by atoms with van der Waals surface area (Å²) in [7, 11) is 1.55. The Morgan fingerprint density at radius 3 is 2.67 bits per heavy atom. The van der Waals surface area contributed by atoms with E-state index in [0.29, 0.717) is 17.0 Å². The number of nitrogens with one attached hydrogen (secondary N) is 1. The van der Waals surface area contributed by atoms with Gasteiger partial charge in [0.25, 0.3) is 5.91 Å². The Bertz CT molecular complexity index is 591. The maximum Gasteiger partial charge on any atom is 0.265 e. The number of amides is 1. The lowest BCUT2D eigenvalue weighted by molar-refractivity contribution is 0.0916. The topological polar surface area (TPSA) is 58.6 Å². The van der Waals surface area contributed by atoms with E-state index in [-0.39, 0.29) is 18.6 Å². The number of methoxy groups -OCH3 is 1. The lowest BCUT2D eigenvalue weighted by Crippen LogP contribution is -2.36. The first-order valence-electron chi connectivity index (χ1n) is 6.84. The van der Waals surface area contributed by atoms with Gasteiger partial charge >= 0.3 is 0 Å². The average Bonchev–Trinajstić information content (AvgIpc) is 2.97. The molecule has 1 heterocycles. The van der Waals surface area contributed by atoms with Gasteiger partial charge in [-0.15, -0.1) is 11.3 Å². The maximum absolute atomic E-state index is 12.3. The van der Waals surface area contributed by atoms with E-state index in [9.17, 15) is 9.90 Å². The number of carbonyl (C=O) groups excluding carboxylic acids is 1. The number of aliphatic hydroxyl groups excluding tert-OH is 1. The van der Waals surface area contributed by atoms with Crippen molar-refractivity contribution in [2.24, 2.45) is 0 Å². The number of hydrogen-bond donors (Lipinski definition) is 2. The van der Waals surface area contributed by atoms with E-state index in [0.717, 1.165) is 10.4 Å². The van der Waals surface area contributed by atoms with Crippen molar-refractivity contribution in [3.8, 4) is 16.2 Å². The summed E-state index contributed by atoms with van der Waals surface area (Å²) in [6.45, 7) is 1.85. The van der Waals surface area contributed by atoms with E-state index >= 15 is 0 Å². The van der Waals surface area contributed by atoms with Crippen LogP contribution >= 0.6 is 11.3 Å². The predicted octanol–water partition coefficient (Wildman–Crippen LogP) is 2.92. The maximum atomic E-state index is 12.3. The van der Waals surface area contributed by atoms with E-state index in [2.05, 4.69) is 5.32 Å². The standard InChI is InChI=1S/C16H19NO3S/c1-3-12(10-18)17-16(19)15-13(20-2)9-14(21-15)11-7-5-4-6-8-11/h4-9,12,18H,3,10H2,1-2H3,(H,17,19). The molecule has 0 radical (unpaired) electrons. The van der Waals surface area contributed by atoms with Crippen LogP contribution < -0.4 is 10.1 Å². The van der Waals surface area contributed by atoms with Gasteiger partial charge in [0.05, 0.1) is 19.8 Å². The first-order chi connectivity index (χ1) is 10.2. The SMILES string of the molecule is CCC(CO)NC(=O)c1sc(-c2ccccc2)cc1OC. The van der Waals surface area contributed by atoms with Crippen molar-refractivity contribution in [2.75, 3.05) is 13.7 Å². The van der Waals surface area contributed by atoms with Gasteiger partial charge in [-0.3, -0.25) is 4.79 Å². The molecular formula is C16H19NO3S. The number of carbonyl (C=O) groups is 1. The highest BCUT2D eigenvalue weighted by Gasteiger charge is 2.19. The Balaban J connectivity index is 2.27. The monoisotopic (exact) mass is 305 g/mol. The van der Waals surface area contributed by atoms with E-state index in [1.807, 2.05) is 43.3 Å². The summed E-state index contributed by atoms with van der Waals surface area (Å²) in [6, 6.07) is 11.5.